The molecule has 0 heterocycles. The molecule has 1 amide bonds. The molecule has 8 heteroatoms. The molecule has 0 aliphatic rings. The second-order valence-corrected chi connectivity index (χ2v) is 3.36. The van der Waals surface area contributed by atoms with Crippen molar-refractivity contribution < 1.29 is 27.4 Å². The van der Waals surface area contributed by atoms with Gasteiger partial charge in [-0.1, -0.05) is 0 Å². The maximum Gasteiger partial charge on any atom is 0.573 e. The van der Waals surface area contributed by atoms with Crippen LogP contribution in [0.4, 0.5) is 13.2 Å². The molecule has 0 saturated heterocycles. The normalized spacial score (nSPS) is 10.8. The summed E-state index contributed by atoms with van der Waals surface area (Å²) in [6.07, 6.45) is -4.72. The average Bonchev–Trinajstić information content (AvgIpc) is 2.25. The monoisotopic (exact) mass is 361 g/mol. The molecule has 94 valence electrons. The van der Waals surface area contributed by atoms with Crippen LogP contribution in [-0.2, 0) is 4.79 Å². The van der Waals surface area contributed by atoms with Crippen LogP contribution in [0.1, 0.15) is 0 Å². The van der Waals surface area contributed by atoms with E-state index in [0.29, 0.717) is 0 Å². The van der Waals surface area contributed by atoms with Crippen molar-refractivity contribution in [1.29, 1.82) is 0 Å². The zero-order valence-electron chi connectivity index (χ0n) is 8.25. The Morgan fingerprint density at radius 3 is 2.24 bits per heavy atom. The molecule has 0 bridgehead atoms. The topological polar surface area (TPSA) is 47.6 Å². The number of carbonyl (C=O) groups excluding carboxylic acids is 1. The van der Waals surface area contributed by atoms with E-state index < -0.39 is 6.36 Å². The Morgan fingerprint density at radius 2 is 1.76 bits per heavy atom. The number of alkyl halides is 3. The number of rotatable bonds is 4. The first-order valence-corrected chi connectivity index (χ1v) is 5.36. The van der Waals surface area contributed by atoms with E-state index in [0.717, 1.165) is 12.1 Å². The summed E-state index contributed by atoms with van der Waals surface area (Å²) in [5.74, 6) is -0.413. The molecular formula is C9H7F3INO3. The maximum atomic E-state index is 11.8. The van der Waals surface area contributed by atoms with Crippen LogP contribution >= 0.6 is 22.9 Å². The minimum Gasteiger partial charge on any atom is -0.484 e. The molecule has 0 aromatic heterocycles. The summed E-state index contributed by atoms with van der Waals surface area (Å²) >= 11 is 1.65. The maximum absolute atomic E-state index is 11.8. The predicted octanol–water partition coefficient (Wildman–Crippen LogP) is 2.43. The molecule has 0 unspecified atom stereocenters. The van der Waals surface area contributed by atoms with Gasteiger partial charge in [-0.15, -0.1) is 13.2 Å². The third-order valence-corrected chi connectivity index (χ3v) is 2.13. The van der Waals surface area contributed by atoms with E-state index in [9.17, 15) is 18.0 Å². The van der Waals surface area contributed by atoms with Crippen molar-refractivity contribution >= 4 is 28.8 Å². The van der Waals surface area contributed by atoms with Crippen LogP contribution in [0.25, 0.3) is 0 Å². The highest BCUT2D eigenvalue weighted by molar-refractivity contribution is 14.1. The first-order chi connectivity index (χ1) is 7.90. The van der Waals surface area contributed by atoms with Crippen LogP contribution in [0.5, 0.6) is 11.5 Å². The van der Waals surface area contributed by atoms with Gasteiger partial charge in [-0.2, -0.15) is 0 Å². The molecular weight excluding hydrogens is 354 g/mol. The summed E-state index contributed by atoms with van der Waals surface area (Å²) in [6, 6.07) is 4.76. The molecule has 0 spiro atoms. The second kappa shape index (κ2) is 5.94. The Hall–Kier alpha value is -1.19. The lowest BCUT2D eigenvalue weighted by Crippen LogP contribution is -2.20. The Bertz CT molecular complexity index is 380. The summed E-state index contributed by atoms with van der Waals surface area (Å²) in [7, 11) is 0. The van der Waals surface area contributed by atoms with E-state index >= 15 is 0 Å². The number of nitrogens with one attached hydrogen (secondary N) is 1. The number of hydrogen-bond acceptors (Lipinski definition) is 3. The molecule has 0 aliphatic carbocycles. The fraction of sp³-hybridized carbons (Fsp3) is 0.222. The van der Waals surface area contributed by atoms with Crippen molar-refractivity contribution in [2.45, 2.75) is 6.36 Å². The fourth-order valence-electron chi connectivity index (χ4n) is 0.914. The van der Waals surface area contributed by atoms with Gasteiger partial charge in [-0.3, -0.25) is 8.32 Å². The van der Waals surface area contributed by atoms with Crippen molar-refractivity contribution in [3.63, 3.8) is 0 Å². The Morgan fingerprint density at radius 1 is 1.24 bits per heavy atom. The van der Waals surface area contributed by atoms with Gasteiger partial charge in [0, 0.05) is 0 Å². The first kappa shape index (κ1) is 13.9. The van der Waals surface area contributed by atoms with E-state index in [2.05, 4.69) is 8.27 Å². The first-order valence-electron chi connectivity index (χ1n) is 4.29. The molecule has 4 nitrogen and oxygen atoms in total. The second-order valence-electron chi connectivity index (χ2n) is 2.83. The van der Waals surface area contributed by atoms with Crippen LogP contribution in [-0.4, -0.2) is 18.9 Å². The zero-order valence-corrected chi connectivity index (χ0v) is 10.4. The highest BCUT2D eigenvalue weighted by Crippen LogP contribution is 2.24. The minimum atomic E-state index is -4.72. The summed E-state index contributed by atoms with van der Waals surface area (Å²) in [6.45, 7) is -0.206. The third-order valence-electron chi connectivity index (χ3n) is 1.53. The molecule has 1 aromatic rings. The molecule has 1 rings (SSSR count). The molecule has 0 aliphatic heterocycles. The average molecular weight is 361 g/mol. The lowest BCUT2D eigenvalue weighted by atomic mass is 10.3. The summed E-state index contributed by atoms with van der Waals surface area (Å²) in [5.41, 5.74) is 0. The molecule has 0 saturated carbocycles. The van der Waals surface area contributed by atoms with Gasteiger partial charge in [0.15, 0.2) is 6.61 Å². The van der Waals surface area contributed by atoms with Crippen LogP contribution in [0.2, 0.25) is 0 Å². The lowest BCUT2D eigenvalue weighted by molar-refractivity contribution is -0.274. The zero-order chi connectivity index (χ0) is 12.9. The summed E-state index contributed by atoms with van der Waals surface area (Å²) < 4.78 is 46.5. The molecule has 0 fully saturated rings. The van der Waals surface area contributed by atoms with Crippen LogP contribution in [0.15, 0.2) is 24.3 Å². The van der Waals surface area contributed by atoms with Crippen LogP contribution in [0, 0.1) is 0 Å². The van der Waals surface area contributed by atoms with Gasteiger partial charge < -0.3 is 9.47 Å². The van der Waals surface area contributed by atoms with Crippen molar-refractivity contribution in [2.75, 3.05) is 6.61 Å². The van der Waals surface area contributed by atoms with Gasteiger partial charge in [-0.05, 0) is 24.3 Å². The fourth-order valence-corrected chi connectivity index (χ4v) is 1.07. The molecule has 1 aromatic carbocycles. The standard InChI is InChI=1S/C9H7F3INO3/c10-9(11,12)17-7-3-1-6(2-4-7)16-5-8(15)14-13/h1-4H,5H2,(H,14,15). The van der Waals surface area contributed by atoms with Gasteiger partial charge in [-0.25, -0.2) is 0 Å². The minimum absolute atomic E-state index is 0.206. The number of carbonyl (C=O) groups is 1. The highest BCUT2D eigenvalue weighted by atomic mass is 127. The Kier molecular flexibility index (Phi) is 4.85. The van der Waals surface area contributed by atoms with Crippen LogP contribution in [0.3, 0.4) is 0 Å². The van der Waals surface area contributed by atoms with Crippen molar-refractivity contribution in [1.82, 2.24) is 3.53 Å². The predicted molar refractivity (Wildman–Crippen MR) is 60.8 cm³/mol. The highest BCUT2D eigenvalue weighted by Gasteiger charge is 2.30. The number of halogens is 4. The largest absolute Gasteiger partial charge is 0.573 e. The van der Waals surface area contributed by atoms with Gasteiger partial charge >= 0.3 is 6.36 Å². The molecule has 17 heavy (non-hydrogen) atoms. The smallest absolute Gasteiger partial charge is 0.484 e. The SMILES string of the molecule is O=C(COc1ccc(OC(F)(F)F)cc1)NI. The van der Waals surface area contributed by atoms with Gasteiger partial charge in [0.1, 0.15) is 11.5 Å². The van der Waals surface area contributed by atoms with E-state index in [4.69, 9.17) is 4.74 Å². The van der Waals surface area contributed by atoms with Gasteiger partial charge in [0.2, 0.25) is 0 Å². The van der Waals surface area contributed by atoms with Crippen LogP contribution < -0.4 is 13.0 Å². The van der Waals surface area contributed by atoms with E-state index in [-0.39, 0.29) is 24.0 Å². The Balaban J connectivity index is 2.53. The lowest BCUT2D eigenvalue weighted by Gasteiger charge is -2.09. The van der Waals surface area contributed by atoms with E-state index in [1.807, 2.05) is 0 Å². The summed E-state index contributed by atoms with van der Waals surface area (Å²) in [4.78, 5) is 10.8. The van der Waals surface area contributed by atoms with Gasteiger partial charge in [0.25, 0.3) is 5.91 Å². The quantitative estimate of drug-likeness (QED) is 0.662. The summed E-state index contributed by atoms with van der Waals surface area (Å²) in [5, 5.41) is 0. The molecule has 1 N–H and O–H groups in total. The van der Waals surface area contributed by atoms with E-state index in [1.165, 1.54) is 12.1 Å². The van der Waals surface area contributed by atoms with Crippen molar-refractivity contribution in [3.8, 4) is 11.5 Å². The van der Waals surface area contributed by atoms with Crippen molar-refractivity contribution in [2.24, 2.45) is 0 Å². The number of amides is 1. The van der Waals surface area contributed by atoms with Gasteiger partial charge in [0.05, 0.1) is 22.9 Å². The number of benzene rings is 1. The number of ether oxygens (including phenoxy) is 2. The molecule has 0 atom stereocenters. The number of hydrogen-bond donors (Lipinski definition) is 1. The third kappa shape index (κ3) is 5.61. The Labute approximate surface area is 109 Å². The van der Waals surface area contributed by atoms with E-state index in [1.54, 1.807) is 22.9 Å². The van der Waals surface area contributed by atoms with Crippen molar-refractivity contribution in [3.05, 3.63) is 24.3 Å². The molecule has 0 radical (unpaired) electrons.